The van der Waals surface area contributed by atoms with Crippen molar-refractivity contribution in [3.63, 3.8) is 0 Å². The van der Waals surface area contributed by atoms with E-state index in [0.29, 0.717) is 0 Å². The predicted molar refractivity (Wildman–Crippen MR) is 98.9 cm³/mol. The fourth-order valence-corrected chi connectivity index (χ4v) is 3.10. The Labute approximate surface area is 135 Å². The van der Waals surface area contributed by atoms with Gasteiger partial charge in [-0.1, -0.05) is 110 Å². The molecule has 0 saturated carbocycles. The quantitative estimate of drug-likeness (QED) is 0.199. The van der Waals surface area contributed by atoms with Crippen LogP contribution in [0.3, 0.4) is 0 Å². The van der Waals surface area contributed by atoms with Gasteiger partial charge in [-0.05, 0) is 25.2 Å². The summed E-state index contributed by atoms with van der Waals surface area (Å²) in [7, 11) is 0. The molecule has 0 nitrogen and oxygen atoms in total. The summed E-state index contributed by atoms with van der Waals surface area (Å²) in [5.74, 6) is 1.01. The van der Waals surface area contributed by atoms with Gasteiger partial charge in [-0.2, -0.15) is 0 Å². The van der Waals surface area contributed by atoms with Crippen molar-refractivity contribution >= 4 is 0 Å². The number of unbranched alkanes of at least 4 members (excludes halogenated alkanes) is 9. The van der Waals surface area contributed by atoms with Crippen molar-refractivity contribution in [2.24, 2.45) is 5.92 Å². The fraction of sp³-hybridized carbons (Fsp3) is 0.905. The lowest BCUT2D eigenvalue weighted by molar-refractivity contribution is 0.394. The van der Waals surface area contributed by atoms with Gasteiger partial charge in [0, 0.05) is 0 Å². The Hall–Kier alpha value is -0.260. The van der Waals surface area contributed by atoms with Crippen LogP contribution in [-0.4, -0.2) is 0 Å². The zero-order valence-corrected chi connectivity index (χ0v) is 15.3. The first-order valence-electron chi connectivity index (χ1n) is 10.00. The Balaban J connectivity index is 3.35. The molecule has 0 saturated heterocycles. The van der Waals surface area contributed by atoms with E-state index >= 15 is 0 Å². The summed E-state index contributed by atoms with van der Waals surface area (Å²) in [6.45, 7) is 6.90. The molecule has 0 fully saturated rings. The molecule has 0 radical (unpaired) electrons. The molecule has 0 aromatic carbocycles. The van der Waals surface area contributed by atoms with Crippen molar-refractivity contribution in [2.75, 3.05) is 0 Å². The van der Waals surface area contributed by atoms with E-state index in [1.165, 1.54) is 96.3 Å². The maximum Gasteiger partial charge on any atom is -0.0351 e. The molecule has 0 heterocycles. The third-order valence-corrected chi connectivity index (χ3v) is 4.68. The number of hydrogen-bond donors (Lipinski definition) is 0. The van der Waals surface area contributed by atoms with Crippen LogP contribution in [0.15, 0.2) is 12.2 Å². The van der Waals surface area contributed by atoms with Crippen molar-refractivity contribution in [3.05, 3.63) is 12.2 Å². The minimum Gasteiger partial charge on any atom is -0.0888 e. The highest BCUT2D eigenvalue weighted by atomic mass is 14.1. The maximum atomic E-state index is 2.38. The monoisotopic (exact) mass is 294 g/mol. The molecule has 0 bridgehead atoms. The zero-order valence-electron chi connectivity index (χ0n) is 15.3. The van der Waals surface area contributed by atoms with E-state index in [2.05, 4.69) is 32.9 Å². The smallest absolute Gasteiger partial charge is 0.0351 e. The number of allylic oxidation sites excluding steroid dienone is 2. The first kappa shape index (κ1) is 20.7. The molecule has 0 aliphatic carbocycles. The van der Waals surface area contributed by atoms with Gasteiger partial charge in [0.25, 0.3) is 0 Å². The summed E-state index contributed by atoms with van der Waals surface area (Å²) in [6.07, 6.45) is 25.9. The lowest BCUT2D eigenvalue weighted by Crippen LogP contribution is -1.99. The van der Waals surface area contributed by atoms with Gasteiger partial charge in [-0.3, -0.25) is 0 Å². The second kappa shape index (κ2) is 17.8. The molecule has 0 amide bonds. The largest absolute Gasteiger partial charge is 0.0888 e. The molecule has 0 aromatic rings. The van der Waals surface area contributed by atoms with Crippen LogP contribution in [0.5, 0.6) is 0 Å². The molecule has 1 atom stereocenters. The van der Waals surface area contributed by atoms with Crippen molar-refractivity contribution in [1.29, 1.82) is 0 Å². The van der Waals surface area contributed by atoms with E-state index in [1.54, 1.807) is 0 Å². The molecular weight excluding hydrogens is 252 g/mol. The Morgan fingerprint density at radius 1 is 0.619 bits per heavy atom. The van der Waals surface area contributed by atoms with Crippen LogP contribution >= 0.6 is 0 Å². The van der Waals surface area contributed by atoms with E-state index in [-0.39, 0.29) is 0 Å². The van der Waals surface area contributed by atoms with Gasteiger partial charge in [0.05, 0.1) is 0 Å². The minimum atomic E-state index is 1.01. The average Bonchev–Trinajstić information content (AvgIpc) is 2.51. The lowest BCUT2D eigenvalue weighted by atomic mass is 9.92. The van der Waals surface area contributed by atoms with Gasteiger partial charge in [-0.25, -0.2) is 0 Å². The van der Waals surface area contributed by atoms with Crippen LogP contribution in [-0.2, 0) is 0 Å². The Morgan fingerprint density at radius 2 is 1.19 bits per heavy atom. The first-order chi connectivity index (χ1) is 10.3. The van der Waals surface area contributed by atoms with Gasteiger partial charge in [-0.15, -0.1) is 0 Å². The molecule has 0 aliphatic rings. The van der Waals surface area contributed by atoms with E-state index in [4.69, 9.17) is 0 Å². The van der Waals surface area contributed by atoms with Gasteiger partial charge >= 0.3 is 0 Å². The predicted octanol–water partition coefficient (Wildman–Crippen LogP) is 8.07. The normalized spacial score (nSPS) is 13.1. The zero-order chi connectivity index (χ0) is 15.6. The molecule has 0 aliphatic heterocycles. The minimum absolute atomic E-state index is 1.01. The van der Waals surface area contributed by atoms with Crippen LogP contribution < -0.4 is 0 Å². The van der Waals surface area contributed by atoms with Crippen LogP contribution in [0.25, 0.3) is 0 Å². The van der Waals surface area contributed by atoms with Gasteiger partial charge in [0.15, 0.2) is 0 Å². The Bertz CT molecular complexity index is 204. The van der Waals surface area contributed by atoms with Crippen LogP contribution in [0.2, 0.25) is 0 Å². The van der Waals surface area contributed by atoms with Gasteiger partial charge in [0.2, 0.25) is 0 Å². The SMILES string of the molecule is CCC=CCCCCCC(CC)CCCCCCCCC. The number of rotatable bonds is 16. The van der Waals surface area contributed by atoms with E-state index in [1.807, 2.05) is 0 Å². The molecule has 0 aromatic heterocycles. The molecule has 0 spiro atoms. The molecular formula is C21H42. The average molecular weight is 295 g/mol. The summed E-state index contributed by atoms with van der Waals surface area (Å²) >= 11 is 0. The van der Waals surface area contributed by atoms with E-state index in [0.717, 1.165) is 5.92 Å². The second-order valence-corrected chi connectivity index (χ2v) is 6.70. The highest BCUT2D eigenvalue weighted by Gasteiger charge is 2.05. The summed E-state index contributed by atoms with van der Waals surface area (Å²) in [5.41, 5.74) is 0. The summed E-state index contributed by atoms with van der Waals surface area (Å²) in [4.78, 5) is 0. The van der Waals surface area contributed by atoms with Crippen molar-refractivity contribution in [1.82, 2.24) is 0 Å². The molecule has 0 N–H and O–H groups in total. The summed E-state index contributed by atoms with van der Waals surface area (Å²) in [6, 6.07) is 0. The Kier molecular flexibility index (Phi) is 17.6. The summed E-state index contributed by atoms with van der Waals surface area (Å²) in [5, 5.41) is 0. The van der Waals surface area contributed by atoms with Gasteiger partial charge in [0.1, 0.15) is 0 Å². The lowest BCUT2D eigenvalue weighted by Gasteiger charge is -2.14. The van der Waals surface area contributed by atoms with Gasteiger partial charge < -0.3 is 0 Å². The molecule has 0 rings (SSSR count). The standard InChI is InChI=1S/C21H42/c1-4-7-9-11-13-15-17-19-21(6-3)20-18-16-14-12-10-8-5-2/h7,9,21H,4-6,8,10-20H2,1-3H3. The van der Waals surface area contributed by atoms with Crippen LogP contribution in [0.4, 0.5) is 0 Å². The molecule has 0 heteroatoms. The highest BCUT2D eigenvalue weighted by molar-refractivity contribution is 4.79. The van der Waals surface area contributed by atoms with Crippen LogP contribution in [0, 0.1) is 5.92 Å². The maximum absolute atomic E-state index is 2.38. The van der Waals surface area contributed by atoms with Crippen LogP contribution in [0.1, 0.15) is 117 Å². The van der Waals surface area contributed by atoms with E-state index < -0.39 is 0 Å². The van der Waals surface area contributed by atoms with Crippen molar-refractivity contribution < 1.29 is 0 Å². The Morgan fingerprint density at radius 3 is 1.76 bits per heavy atom. The topological polar surface area (TPSA) is 0 Å². The molecule has 21 heavy (non-hydrogen) atoms. The molecule has 126 valence electrons. The third-order valence-electron chi connectivity index (χ3n) is 4.68. The summed E-state index contributed by atoms with van der Waals surface area (Å²) < 4.78 is 0. The fourth-order valence-electron chi connectivity index (χ4n) is 3.10. The van der Waals surface area contributed by atoms with Crippen molar-refractivity contribution in [3.8, 4) is 0 Å². The van der Waals surface area contributed by atoms with E-state index in [9.17, 15) is 0 Å². The molecule has 1 unspecified atom stereocenters. The third kappa shape index (κ3) is 15.9. The number of hydrogen-bond acceptors (Lipinski definition) is 0. The second-order valence-electron chi connectivity index (χ2n) is 6.70. The first-order valence-corrected chi connectivity index (χ1v) is 10.00. The highest BCUT2D eigenvalue weighted by Crippen LogP contribution is 2.21. The van der Waals surface area contributed by atoms with Crippen molar-refractivity contribution in [2.45, 2.75) is 117 Å².